The van der Waals surface area contributed by atoms with Gasteiger partial charge in [0, 0.05) is 12.0 Å². The molecule has 0 saturated heterocycles. The van der Waals surface area contributed by atoms with Crippen molar-refractivity contribution in [3.8, 4) is 0 Å². The van der Waals surface area contributed by atoms with Crippen LogP contribution in [0.2, 0.25) is 0 Å². The minimum atomic E-state index is -0.963. The van der Waals surface area contributed by atoms with Gasteiger partial charge in [-0.2, -0.15) is 0 Å². The average molecular weight is 397 g/mol. The van der Waals surface area contributed by atoms with Gasteiger partial charge >= 0.3 is 12.1 Å². The molecule has 1 unspecified atom stereocenters. The van der Waals surface area contributed by atoms with E-state index < -0.39 is 18.1 Å². The zero-order chi connectivity index (χ0) is 21.2. The number of amides is 1. The monoisotopic (exact) mass is 397 g/mol. The summed E-state index contributed by atoms with van der Waals surface area (Å²) < 4.78 is 10.4. The predicted octanol–water partition coefficient (Wildman–Crippen LogP) is 4.20. The van der Waals surface area contributed by atoms with Crippen LogP contribution >= 0.6 is 0 Å². The first kappa shape index (κ1) is 22.1. The third-order valence-electron chi connectivity index (χ3n) is 4.17. The average Bonchev–Trinajstić information content (AvgIpc) is 2.70. The summed E-state index contributed by atoms with van der Waals surface area (Å²) in [6, 6.07) is 15.5. The molecule has 0 aliphatic heterocycles. The van der Waals surface area contributed by atoms with Crippen LogP contribution in [0.25, 0.3) is 0 Å². The van der Waals surface area contributed by atoms with Gasteiger partial charge in [0.15, 0.2) is 5.78 Å². The SMILES string of the molecule is Cc1ccc(C(=O)CCC(NC(=O)OCc2ccccc2)C(=O)OC(C)C)cc1. The van der Waals surface area contributed by atoms with Gasteiger partial charge in [0.05, 0.1) is 6.10 Å². The Labute approximate surface area is 171 Å². The smallest absolute Gasteiger partial charge is 0.408 e. The number of ether oxygens (including phenoxy) is 2. The summed E-state index contributed by atoms with van der Waals surface area (Å²) in [6.45, 7) is 5.47. The second-order valence-corrected chi connectivity index (χ2v) is 7.07. The van der Waals surface area contributed by atoms with E-state index >= 15 is 0 Å². The minimum absolute atomic E-state index is 0.0842. The Balaban J connectivity index is 1.94. The van der Waals surface area contributed by atoms with Gasteiger partial charge in [0.1, 0.15) is 12.6 Å². The Morgan fingerprint density at radius 1 is 0.966 bits per heavy atom. The summed E-state index contributed by atoms with van der Waals surface area (Å²) >= 11 is 0. The van der Waals surface area contributed by atoms with E-state index in [-0.39, 0.29) is 31.3 Å². The fraction of sp³-hybridized carbons (Fsp3) is 0.348. The Bertz CT molecular complexity index is 815. The van der Waals surface area contributed by atoms with Crippen molar-refractivity contribution < 1.29 is 23.9 Å². The molecular weight excluding hydrogens is 370 g/mol. The zero-order valence-corrected chi connectivity index (χ0v) is 17.0. The number of ketones is 1. The molecule has 1 N–H and O–H groups in total. The van der Waals surface area contributed by atoms with Gasteiger partial charge in [-0.25, -0.2) is 9.59 Å². The molecule has 0 radical (unpaired) electrons. The van der Waals surface area contributed by atoms with Crippen LogP contribution in [0, 0.1) is 6.92 Å². The lowest BCUT2D eigenvalue weighted by molar-refractivity contribution is -0.150. The number of hydrogen-bond acceptors (Lipinski definition) is 5. The van der Waals surface area contributed by atoms with Crippen molar-refractivity contribution in [2.24, 2.45) is 0 Å². The van der Waals surface area contributed by atoms with Crippen LogP contribution in [0.5, 0.6) is 0 Å². The van der Waals surface area contributed by atoms with Crippen molar-refractivity contribution in [1.29, 1.82) is 0 Å². The number of Topliss-reactive ketones (excluding diaryl/α,β-unsaturated/α-hetero) is 1. The fourth-order valence-electron chi connectivity index (χ4n) is 2.63. The molecule has 0 aromatic heterocycles. The molecule has 6 nitrogen and oxygen atoms in total. The Kier molecular flexibility index (Phi) is 8.40. The largest absolute Gasteiger partial charge is 0.461 e. The van der Waals surface area contributed by atoms with E-state index in [4.69, 9.17) is 9.47 Å². The van der Waals surface area contributed by atoms with Crippen molar-refractivity contribution in [2.45, 2.75) is 52.4 Å². The maximum atomic E-state index is 12.4. The number of aryl methyl sites for hydroxylation is 1. The number of alkyl carbamates (subject to hydrolysis) is 1. The van der Waals surface area contributed by atoms with Crippen LogP contribution in [0.1, 0.15) is 48.2 Å². The first-order chi connectivity index (χ1) is 13.8. The van der Waals surface area contributed by atoms with E-state index in [1.54, 1.807) is 26.0 Å². The molecule has 1 amide bonds. The maximum absolute atomic E-state index is 12.4. The molecule has 0 bridgehead atoms. The molecule has 0 fully saturated rings. The van der Waals surface area contributed by atoms with Crippen LogP contribution in [-0.4, -0.2) is 30.0 Å². The zero-order valence-electron chi connectivity index (χ0n) is 17.0. The number of nitrogens with one attached hydrogen (secondary N) is 1. The summed E-state index contributed by atoms with van der Waals surface area (Å²) in [6.07, 6.45) is -0.847. The lowest BCUT2D eigenvalue weighted by atomic mass is 10.0. The molecule has 0 aliphatic rings. The van der Waals surface area contributed by atoms with E-state index in [1.807, 2.05) is 49.4 Å². The lowest BCUT2D eigenvalue weighted by Crippen LogP contribution is -2.43. The van der Waals surface area contributed by atoms with Gasteiger partial charge in [-0.1, -0.05) is 60.2 Å². The van der Waals surface area contributed by atoms with Gasteiger partial charge < -0.3 is 14.8 Å². The Hall–Kier alpha value is -3.15. The standard InChI is InChI=1S/C23H27NO5/c1-16(2)29-22(26)20(13-14-21(25)19-11-9-17(3)10-12-19)24-23(27)28-15-18-7-5-4-6-8-18/h4-12,16,20H,13-15H2,1-3H3,(H,24,27). The predicted molar refractivity (Wildman–Crippen MR) is 110 cm³/mol. The quantitative estimate of drug-likeness (QED) is 0.506. The Morgan fingerprint density at radius 3 is 2.24 bits per heavy atom. The molecule has 29 heavy (non-hydrogen) atoms. The first-order valence-corrected chi connectivity index (χ1v) is 9.62. The summed E-state index contributed by atoms with van der Waals surface area (Å²) in [5, 5.41) is 2.52. The number of esters is 1. The molecule has 0 spiro atoms. The van der Waals surface area contributed by atoms with Crippen molar-refractivity contribution in [1.82, 2.24) is 5.32 Å². The Morgan fingerprint density at radius 2 is 1.62 bits per heavy atom. The van der Waals surface area contributed by atoms with E-state index in [1.165, 1.54) is 0 Å². The number of carbonyl (C=O) groups excluding carboxylic acids is 3. The van der Waals surface area contributed by atoms with Crippen molar-refractivity contribution in [3.63, 3.8) is 0 Å². The highest BCUT2D eigenvalue weighted by molar-refractivity contribution is 5.96. The second kappa shape index (κ2) is 11.0. The molecule has 2 aromatic rings. The fourth-order valence-corrected chi connectivity index (χ4v) is 2.63. The number of rotatable bonds is 9. The van der Waals surface area contributed by atoms with Crippen molar-refractivity contribution in [2.75, 3.05) is 0 Å². The number of benzene rings is 2. The number of carbonyl (C=O) groups is 3. The minimum Gasteiger partial charge on any atom is -0.461 e. The molecule has 1 atom stereocenters. The molecule has 0 heterocycles. The van der Waals surface area contributed by atoms with Crippen LogP contribution in [0.15, 0.2) is 54.6 Å². The van der Waals surface area contributed by atoms with Crippen molar-refractivity contribution >= 4 is 17.8 Å². The summed E-state index contributed by atoms with van der Waals surface area (Å²) in [5.41, 5.74) is 2.46. The second-order valence-electron chi connectivity index (χ2n) is 7.07. The van der Waals surface area contributed by atoms with E-state index in [0.29, 0.717) is 5.56 Å². The van der Waals surface area contributed by atoms with Crippen molar-refractivity contribution in [3.05, 3.63) is 71.3 Å². The van der Waals surface area contributed by atoms with Gasteiger partial charge in [0.2, 0.25) is 0 Å². The maximum Gasteiger partial charge on any atom is 0.408 e. The van der Waals surface area contributed by atoms with Gasteiger partial charge in [0.25, 0.3) is 0 Å². The van der Waals surface area contributed by atoms with Gasteiger partial charge in [-0.3, -0.25) is 4.79 Å². The highest BCUT2D eigenvalue weighted by atomic mass is 16.6. The van der Waals surface area contributed by atoms with Crippen LogP contribution in [0.3, 0.4) is 0 Å². The van der Waals surface area contributed by atoms with E-state index in [0.717, 1.165) is 11.1 Å². The van der Waals surface area contributed by atoms with E-state index in [2.05, 4.69) is 5.32 Å². The van der Waals surface area contributed by atoms with Gasteiger partial charge in [-0.05, 0) is 32.8 Å². The molecular formula is C23H27NO5. The first-order valence-electron chi connectivity index (χ1n) is 9.62. The van der Waals surface area contributed by atoms with Crippen LogP contribution in [-0.2, 0) is 20.9 Å². The third-order valence-corrected chi connectivity index (χ3v) is 4.17. The highest BCUT2D eigenvalue weighted by Gasteiger charge is 2.25. The van der Waals surface area contributed by atoms with Crippen LogP contribution < -0.4 is 5.32 Å². The molecule has 0 aliphatic carbocycles. The number of hydrogen-bond donors (Lipinski definition) is 1. The third kappa shape index (κ3) is 7.78. The van der Waals surface area contributed by atoms with Crippen LogP contribution in [0.4, 0.5) is 4.79 Å². The lowest BCUT2D eigenvalue weighted by Gasteiger charge is -2.19. The van der Waals surface area contributed by atoms with Gasteiger partial charge in [-0.15, -0.1) is 0 Å². The summed E-state index contributed by atoms with van der Waals surface area (Å²) in [4.78, 5) is 36.9. The molecule has 2 aromatic carbocycles. The molecule has 154 valence electrons. The highest BCUT2D eigenvalue weighted by Crippen LogP contribution is 2.11. The normalized spacial score (nSPS) is 11.6. The molecule has 0 saturated carbocycles. The topological polar surface area (TPSA) is 81.7 Å². The van der Waals surface area contributed by atoms with E-state index in [9.17, 15) is 14.4 Å². The summed E-state index contributed by atoms with van der Waals surface area (Å²) in [5.74, 6) is -0.694. The molecule has 6 heteroatoms. The molecule has 2 rings (SSSR count). The summed E-state index contributed by atoms with van der Waals surface area (Å²) in [7, 11) is 0.